The van der Waals surface area contributed by atoms with E-state index in [9.17, 15) is 0 Å². The maximum Gasteiger partial charge on any atom is 0.0645 e. The van der Waals surface area contributed by atoms with Gasteiger partial charge in [-0.15, -0.1) is 12.4 Å². The molecular weight excluding hydrogens is 312 g/mol. The second-order valence-electron chi connectivity index (χ2n) is 4.23. The van der Waals surface area contributed by atoms with Crippen molar-refractivity contribution < 1.29 is 0 Å². The van der Waals surface area contributed by atoms with Crippen molar-refractivity contribution in [2.75, 3.05) is 17.2 Å². The molecule has 0 bridgehead atoms. The number of nitrogens with two attached hydrogens (primary N) is 1. The average molecular weight is 326 g/mol. The Bertz CT molecular complexity index is 571. The van der Waals surface area contributed by atoms with E-state index in [-0.39, 0.29) is 12.4 Å². The van der Waals surface area contributed by atoms with Gasteiger partial charge in [0.05, 0.1) is 11.4 Å². The van der Waals surface area contributed by atoms with E-state index in [1.54, 1.807) is 0 Å². The summed E-state index contributed by atoms with van der Waals surface area (Å²) in [6, 6.07) is 14.6. The van der Waals surface area contributed by atoms with E-state index in [1.807, 2.05) is 12.1 Å². The minimum atomic E-state index is 0. The summed E-state index contributed by atoms with van der Waals surface area (Å²) in [5.74, 6) is 0. The van der Waals surface area contributed by atoms with Crippen LogP contribution in [0.15, 0.2) is 46.9 Å². The third-order valence-corrected chi connectivity index (χ3v) is 3.66. The molecule has 0 saturated carbocycles. The Morgan fingerprint density at radius 2 is 1.83 bits per heavy atom. The molecule has 0 aromatic heterocycles. The van der Waals surface area contributed by atoms with Crippen LogP contribution in [-0.2, 0) is 6.42 Å². The van der Waals surface area contributed by atoms with E-state index in [0.29, 0.717) is 0 Å². The number of rotatable bonds is 1. The predicted molar refractivity (Wildman–Crippen MR) is 83.0 cm³/mol. The summed E-state index contributed by atoms with van der Waals surface area (Å²) in [7, 11) is 0. The number of nitrogen functional groups attached to an aromatic ring is 1. The fraction of sp³-hybridized carbons (Fsp3) is 0.143. The molecule has 2 N–H and O–H groups in total. The van der Waals surface area contributed by atoms with Gasteiger partial charge in [0.1, 0.15) is 0 Å². The van der Waals surface area contributed by atoms with Gasteiger partial charge in [0.2, 0.25) is 0 Å². The first-order valence-corrected chi connectivity index (χ1v) is 6.45. The zero-order valence-electron chi connectivity index (χ0n) is 9.77. The van der Waals surface area contributed by atoms with Crippen LogP contribution in [0.1, 0.15) is 5.56 Å². The molecule has 1 aliphatic heterocycles. The molecule has 0 aliphatic carbocycles. The Balaban J connectivity index is 0.00000120. The van der Waals surface area contributed by atoms with E-state index >= 15 is 0 Å². The summed E-state index contributed by atoms with van der Waals surface area (Å²) >= 11 is 3.44. The number of fused-ring (bicyclic) bond motifs is 1. The molecule has 3 rings (SSSR count). The largest absolute Gasteiger partial charge is 0.397 e. The van der Waals surface area contributed by atoms with Crippen molar-refractivity contribution in [3.63, 3.8) is 0 Å². The SMILES string of the molecule is Cl.Nc1cc(Br)ccc1N1CCc2ccccc21. The molecule has 1 aliphatic rings. The fourth-order valence-electron chi connectivity index (χ4n) is 2.36. The van der Waals surface area contributed by atoms with Gasteiger partial charge < -0.3 is 10.6 Å². The normalized spacial score (nSPS) is 13.1. The molecule has 1 heterocycles. The number of benzene rings is 2. The van der Waals surface area contributed by atoms with Crippen LogP contribution in [0.2, 0.25) is 0 Å². The van der Waals surface area contributed by atoms with E-state index in [4.69, 9.17) is 5.73 Å². The number of nitrogens with zero attached hydrogens (tertiary/aromatic N) is 1. The zero-order chi connectivity index (χ0) is 11.8. The summed E-state index contributed by atoms with van der Waals surface area (Å²) in [4.78, 5) is 2.29. The van der Waals surface area contributed by atoms with Gasteiger partial charge in [-0.3, -0.25) is 0 Å². The van der Waals surface area contributed by atoms with E-state index in [0.717, 1.165) is 28.8 Å². The lowest BCUT2D eigenvalue weighted by atomic mass is 10.2. The second-order valence-corrected chi connectivity index (χ2v) is 5.15. The minimum absolute atomic E-state index is 0. The molecule has 0 fully saturated rings. The third kappa shape index (κ3) is 2.20. The molecule has 94 valence electrons. The standard InChI is InChI=1S/C14H13BrN2.ClH/c15-11-5-6-14(12(16)9-11)17-8-7-10-3-1-2-4-13(10)17;/h1-6,9H,7-8,16H2;1H. The summed E-state index contributed by atoms with van der Waals surface area (Å²) < 4.78 is 1.02. The van der Waals surface area contributed by atoms with Gasteiger partial charge in [0, 0.05) is 16.7 Å². The summed E-state index contributed by atoms with van der Waals surface area (Å²) in [5, 5.41) is 0. The first-order chi connectivity index (χ1) is 8.25. The molecule has 4 heteroatoms. The minimum Gasteiger partial charge on any atom is -0.397 e. The van der Waals surface area contributed by atoms with Crippen LogP contribution in [0.5, 0.6) is 0 Å². The molecule has 0 atom stereocenters. The second kappa shape index (κ2) is 5.21. The zero-order valence-corrected chi connectivity index (χ0v) is 12.2. The average Bonchev–Trinajstić information content (AvgIpc) is 2.73. The van der Waals surface area contributed by atoms with Crippen LogP contribution in [0, 0.1) is 0 Å². The Hall–Kier alpha value is -1.19. The maximum atomic E-state index is 6.09. The Labute approximate surface area is 121 Å². The highest BCUT2D eigenvalue weighted by Crippen LogP contribution is 2.37. The van der Waals surface area contributed by atoms with Crippen molar-refractivity contribution in [2.24, 2.45) is 0 Å². The van der Waals surface area contributed by atoms with Crippen LogP contribution in [-0.4, -0.2) is 6.54 Å². The number of hydrogen-bond acceptors (Lipinski definition) is 2. The van der Waals surface area contributed by atoms with Crippen LogP contribution in [0.3, 0.4) is 0 Å². The van der Waals surface area contributed by atoms with E-state index < -0.39 is 0 Å². The summed E-state index contributed by atoms with van der Waals surface area (Å²) in [6.45, 7) is 1.01. The quantitative estimate of drug-likeness (QED) is 0.798. The lowest BCUT2D eigenvalue weighted by Gasteiger charge is -2.21. The van der Waals surface area contributed by atoms with Crippen molar-refractivity contribution in [3.8, 4) is 0 Å². The Kier molecular flexibility index (Phi) is 3.83. The van der Waals surface area contributed by atoms with Crippen molar-refractivity contribution in [1.82, 2.24) is 0 Å². The first kappa shape index (κ1) is 13.2. The molecule has 0 saturated heterocycles. The van der Waals surface area contributed by atoms with E-state index in [2.05, 4.69) is 51.2 Å². The number of halogens is 2. The van der Waals surface area contributed by atoms with Crippen LogP contribution in [0.4, 0.5) is 17.1 Å². The molecule has 2 aromatic carbocycles. The van der Waals surface area contributed by atoms with Crippen LogP contribution >= 0.6 is 28.3 Å². The topological polar surface area (TPSA) is 29.3 Å². The molecular formula is C14H14BrClN2. The van der Waals surface area contributed by atoms with Gasteiger partial charge in [-0.2, -0.15) is 0 Å². The molecule has 0 unspecified atom stereocenters. The number of hydrogen-bond donors (Lipinski definition) is 1. The molecule has 0 spiro atoms. The molecule has 2 aromatic rings. The summed E-state index contributed by atoms with van der Waals surface area (Å²) in [5.41, 5.74) is 10.7. The lowest BCUT2D eigenvalue weighted by molar-refractivity contribution is 0.999. The van der Waals surface area contributed by atoms with E-state index in [1.165, 1.54) is 11.3 Å². The summed E-state index contributed by atoms with van der Waals surface area (Å²) in [6.07, 6.45) is 1.09. The first-order valence-electron chi connectivity index (χ1n) is 5.66. The molecule has 0 radical (unpaired) electrons. The fourth-order valence-corrected chi connectivity index (χ4v) is 2.74. The van der Waals surface area contributed by atoms with Crippen molar-refractivity contribution in [2.45, 2.75) is 6.42 Å². The third-order valence-electron chi connectivity index (χ3n) is 3.17. The smallest absolute Gasteiger partial charge is 0.0645 e. The predicted octanol–water partition coefficient (Wildman–Crippen LogP) is 4.15. The molecule has 2 nitrogen and oxygen atoms in total. The van der Waals surface area contributed by atoms with Crippen LogP contribution in [0.25, 0.3) is 0 Å². The van der Waals surface area contributed by atoms with Gasteiger partial charge in [0.25, 0.3) is 0 Å². The van der Waals surface area contributed by atoms with Gasteiger partial charge >= 0.3 is 0 Å². The van der Waals surface area contributed by atoms with Gasteiger partial charge in [-0.1, -0.05) is 34.1 Å². The Morgan fingerprint density at radius 3 is 2.61 bits per heavy atom. The molecule has 0 amide bonds. The van der Waals surface area contributed by atoms with Gasteiger partial charge in [-0.25, -0.2) is 0 Å². The van der Waals surface area contributed by atoms with Crippen molar-refractivity contribution in [1.29, 1.82) is 0 Å². The number of anilines is 3. The van der Waals surface area contributed by atoms with Gasteiger partial charge in [-0.05, 0) is 36.2 Å². The number of para-hydroxylation sites is 1. The highest BCUT2D eigenvalue weighted by atomic mass is 79.9. The lowest BCUT2D eigenvalue weighted by Crippen LogP contribution is -2.14. The van der Waals surface area contributed by atoms with Crippen LogP contribution < -0.4 is 10.6 Å². The maximum absolute atomic E-state index is 6.09. The van der Waals surface area contributed by atoms with Gasteiger partial charge in [0.15, 0.2) is 0 Å². The van der Waals surface area contributed by atoms with Crippen molar-refractivity contribution >= 4 is 45.4 Å². The van der Waals surface area contributed by atoms with Crippen molar-refractivity contribution in [3.05, 3.63) is 52.5 Å². The highest BCUT2D eigenvalue weighted by molar-refractivity contribution is 9.10. The highest BCUT2D eigenvalue weighted by Gasteiger charge is 2.21. The molecule has 18 heavy (non-hydrogen) atoms. The monoisotopic (exact) mass is 324 g/mol. The Morgan fingerprint density at radius 1 is 1.06 bits per heavy atom.